The highest BCUT2D eigenvalue weighted by molar-refractivity contribution is 6.32. The van der Waals surface area contributed by atoms with Crippen LogP contribution in [0.25, 0.3) is 0 Å². The molecular weight excluding hydrogens is 364 g/mol. The quantitative estimate of drug-likeness (QED) is 0.604. The van der Waals surface area contributed by atoms with Gasteiger partial charge in [-0.1, -0.05) is 23.7 Å². The number of benzene rings is 2. The fraction of sp³-hybridized carbons (Fsp3) is 0.200. The Morgan fingerprint density at radius 2 is 1.70 bits per heavy atom. The first-order valence-corrected chi connectivity index (χ1v) is 8.74. The fourth-order valence-corrected chi connectivity index (χ4v) is 2.82. The summed E-state index contributed by atoms with van der Waals surface area (Å²) < 4.78 is 10.6. The molecule has 0 aliphatic carbocycles. The SMILES string of the molecule is COc1cc(Nc2nccc(Nc3cccc(C)c3C)n2)c(OC)cc1Cl. The molecule has 1 aromatic heterocycles. The molecule has 1 heterocycles. The minimum atomic E-state index is 0.424. The van der Waals surface area contributed by atoms with E-state index >= 15 is 0 Å². The molecule has 6 nitrogen and oxygen atoms in total. The molecule has 0 saturated carbocycles. The summed E-state index contributed by atoms with van der Waals surface area (Å²) in [6, 6.07) is 11.3. The van der Waals surface area contributed by atoms with Crippen molar-refractivity contribution < 1.29 is 9.47 Å². The van der Waals surface area contributed by atoms with Gasteiger partial charge in [-0.3, -0.25) is 0 Å². The molecule has 0 saturated heterocycles. The van der Waals surface area contributed by atoms with Crippen molar-refractivity contribution in [3.8, 4) is 11.5 Å². The van der Waals surface area contributed by atoms with E-state index in [1.165, 1.54) is 11.1 Å². The standard InChI is InChI=1S/C20H21ClN4O2/c1-12-6-5-7-15(13(12)2)23-19-8-9-22-20(25-19)24-16-11-17(26-3)14(21)10-18(16)27-4/h5-11H,1-4H3,(H2,22,23,24,25). The summed E-state index contributed by atoms with van der Waals surface area (Å²) in [6.45, 7) is 4.15. The van der Waals surface area contributed by atoms with Crippen LogP contribution >= 0.6 is 11.6 Å². The zero-order valence-corrected chi connectivity index (χ0v) is 16.4. The average molecular weight is 385 g/mol. The molecule has 0 atom stereocenters. The van der Waals surface area contributed by atoms with Gasteiger partial charge in [0.1, 0.15) is 17.3 Å². The van der Waals surface area contributed by atoms with Gasteiger partial charge in [0.25, 0.3) is 0 Å². The van der Waals surface area contributed by atoms with Crippen LogP contribution < -0.4 is 20.1 Å². The summed E-state index contributed by atoms with van der Waals surface area (Å²) >= 11 is 6.15. The van der Waals surface area contributed by atoms with Crippen molar-refractivity contribution in [2.45, 2.75) is 13.8 Å². The Balaban J connectivity index is 1.87. The normalized spacial score (nSPS) is 10.4. The molecule has 0 aliphatic heterocycles. The summed E-state index contributed by atoms with van der Waals surface area (Å²) in [5.41, 5.74) is 4.05. The Hall–Kier alpha value is -2.99. The minimum Gasteiger partial charge on any atom is -0.495 e. The molecule has 140 valence electrons. The average Bonchev–Trinajstić information content (AvgIpc) is 2.67. The number of anilines is 4. The molecule has 27 heavy (non-hydrogen) atoms. The van der Waals surface area contributed by atoms with Crippen LogP contribution in [0.4, 0.5) is 23.1 Å². The fourth-order valence-electron chi connectivity index (χ4n) is 2.59. The number of aromatic nitrogens is 2. The van der Waals surface area contributed by atoms with E-state index in [-0.39, 0.29) is 0 Å². The van der Waals surface area contributed by atoms with Gasteiger partial charge in [0.2, 0.25) is 5.95 Å². The highest BCUT2D eigenvalue weighted by Gasteiger charge is 2.12. The maximum Gasteiger partial charge on any atom is 0.229 e. The summed E-state index contributed by atoms with van der Waals surface area (Å²) in [7, 11) is 3.13. The van der Waals surface area contributed by atoms with Crippen molar-refractivity contribution in [1.82, 2.24) is 9.97 Å². The largest absolute Gasteiger partial charge is 0.495 e. The molecule has 3 rings (SSSR count). The van der Waals surface area contributed by atoms with Crippen LogP contribution in [0, 0.1) is 13.8 Å². The van der Waals surface area contributed by atoms with Crippen LogP contribution in [-0.2, 0) is 0 Å². The molecular formula is C20H21ClN4O2. The van der Waals surface area contributed by atoms with Crippen molar-refractivity contribution in [2.75, 3.05) is 24.9 Å². The highest BCUT2D eigenvalue weighted by Crippen LogP contribution is 2.37. The van der Waals surface area contributed by atoms with Crippen molar-refractivity contribution in [3.05, 3.63) is 58.7 Å². The molecule has 0 radical (unpaired) electrons. The molecule has 3 aromatic rings. The van der Waals surface area contributed by atoms with Crippen LogP contribution in [0.5, 0.6) is 11.5 Å². The third kappa shape index (κ3) is 4.23. The van der Waals surface area contributed by atoms with Crippen LogP contribution in [0.1, 0.15) is 11.1 Å². The third-order valence-corrected chi connectivity index (χ3v) is 4.54. The van der Waals surface area contributed by atoms with Crippen LogP contribution in [0.2, 0.25) is 5.02 Å². The van der Waals surface area contributed by atoms with E-state index < -0.39 is 0 Å². The number of hydrogen-bond acceptors (Lipinski definition) is 6. The lowest BCUT2D eigenvalue weighted by atomic mass is 10.1. The van der Waals surface area contributed by atoms with Gasteiger partial charge in [0, 0.05) is 24.0 Å². The van der Waals surface area contributed by atoms with Crippen molar-refractivity contribution in [2.24, 2.45) is 0 Å². The predicted octanol–water partition coefficient (Wildman–Crippen LogP) is 5.25. The smallest absolute Gasteiger partial charge is 0.229 e. The number of aryl methyl sites for hydroxylation is 1. The monoisotopic (exact) mass is 384 g/mol. The summed E-state index contributed by atoms with van der Waals surface area (Å²) in [5.74, 6) is 2.20. The molecule has 0 amide bonds. The molecule has 7 heteroatoms. The Morgan fingerprint density at radius 3 is 2.44 bits per heavy atom. The minimum absolute atomic E-state index is 0.424. The lowest BCUT2D eigenvalue weighted by Gasteiger charge is -2.14. The maximum atomic E-state index is 6.15. The highest BCUT2D eigenvalue weighted by atomic mass is 35.5. The molecule has 2 N–H and O–H groups in total. The second-order valence-electron chi connectivity index (χ2n) is 5.95. The summed E-state index contributed by atoms with van der Waals surface area (Å²) in [4.78, 5) is 8.80. The Kier molecular flexibility index (Phi) is 5.66. The lowest BCUT2D eigenvalue weighted by molar-refractivity contribution is 0.405. The van der Waals surface area contributed by atoms with E-state index in [1.807, 2.05) is 18.2 Å². The van der Waals surface area contributed by atoms with E-state index in [2.05, 4.69) is 40.5 Å². The van der Waals surface area contributed by atoms with Gasteiger partial charge in [-0.25, -0.2) is 4.98 Å². The van der Waals surface area contributed by atoms with Gasteiger partial charge < -0.3 is 20.1 Å². The van der Waals surface area contributed by atoms with Crippen LogP contribution in [0.15, 0.2) is 42.6 Å². The van der Waals surface area contributed by atoms with Gasteiger partial charge in [-0.15, -0.1) is 0 Å². The zero-order valence-electron chi connectivity index (χ0n) is 15.6. The first-order valence-electron chi connectivity index (χ1n) is 8.36. The van der Waals surface area contributed by atoms with Gasteiger partial charge in [-0.2, -0.15) is 4.98 Å². The third-order valence-electron chi connectivity index (χ3n) is 4.24. The molecule has 0 bridgehead atoms. The second kappa shape index (κ2) is 8.14. The van der Waals surface area contributed by atoms with E-state index in [1.54, 1.807) is 32.5 Å². The first kappa shape index (κ1) is 18.8. The number of nitrogens with zero attached hydrogens (tertiary/aromatic N) is 2. The van der Waals surface area contributed by atoms with Gasteiger partial charge in [0.15, 0.2) is 0 Å². The number of halogens is 1. The van der Waals surface area contributed by atoms with Crippen LogP contribution in [0.3, 0.4) is 0 Å². The number of rotatable bonds is 6. The maximum absolute atomic E-state index is 6.15. The molecule has 2 aromatic carbocycles. The Morgan fingerprint density at radius 1 is 0.926 bits per heavy atom. The van der Waals surface area contributed by atoms with E-state index in [0.717, 1.165) is 5.69 Å². The molecule has 0 spiro atoms. The molecule has 0 aliphatic rings. The van der Waals surface area contributed by atoms with Crippen molar-refractivity contribution >= 4 is 34.7 Å². The van der Waals surface area contributed by atoms with Crippen LogP contribution in [-0.4, -0.2) is 24.2 Å². The van der Waals surface area contributed by atoms with Gasteiger partial charge >= 0.3 is 0 Å². The number of ether oxygens (including phenoxy) is 2. The number of methoxy groups -OCH3 is 2. The van der Waals surface area contributed by atoms with Crippen molar-refractivity contribution in [3.63, 3.8) is 0 Å². The summed E-state index contributed by atoms with van der Waals surface area (Å²) in [5, 5.41) is 6.95. The molecule has 0 unspecified atom stereocenters. The predicted molar refractivity (Wildman–Crippen MR) is 109 cm³/mol. The Bertz CT molecular complexity index is 963. The molecule has 0 fully saturated rings. The van der Waals surface area contributed by atoms with E-state index in [4.69, 9.17) is 21.1 Å². The summed E-state index contributed by atoms with van der Waals surface area (Å²) in [6.07, 6.45) is 1.68. The Labute approximate surface area is 163 Å². The van der Waals surface area contributed by atoms with Gasteiger partial charge in [-0.05, 0) is 37.1 Å². The number of nitrogens with one attached hydrogen (secondary N) is 2. The lowest BCUT2D eigenvalue weighted by Crippen LogP contribution is -2.03. The van der Waals surface area contributed by atoms with E-state index in [9.17, 15) is 0 Å². The first-order chi connectivity index (χ1) is 13.0. The van der Waals surface area contributed by atoms with Gasteiger partial charge in [0.05, 0.1) is 24.9 Å². The second-order valence-corrected chi connectivity index (χ2v) is 6.36. The topological polar surface area (TPSA) is 68.3 Å². The number of hydrogen-bond donors (Lipinski definition) is 2. The zero-order chi connectivity index (χ0) is 19.4. The van der Waals surface area contributed by atoms with E-state index in [0.29, 0.717) is 34.0 Å². The van der Waals surface area contributed by atoms with Crippen molar-refractivity contribution in [1.29, 1.82) is 0 Å².